The highest BCUT2D eigenvalue weighted by molar-refractivity contribution is 6.07. The van der Waals surface area contributed by atoms with Crippen molar-refractivity contribution in [3.63, 3.8) is 0 Å². The fourth-order valence-corrected chi connectivity index (χ4v) is 3.66. The van der Waals surface area contributed by atoms with E-state index in [0.717, 1.165) is 50.5 Å². The first-order valence-electron chi connectivity index (χ1n) is 10.5. The Morgan fingerprint density at radius 1 is 1.13 bits per heavy atom. The predicted octanol–water partition coefficient (Wildman–Crippen LogP) is 3.37. The molecule has 0 spiro atoms. The van der Waals surface area contributed by atoms with Crippen molar-refractivity contribution in [2.75, 3.05) is 51.4 Å². The standard InChI is InChI=1S/C24H28N2O4/c1-2-29-22-5-3-4-19-16-20(17-30-23(19)22)24(27)25-21-8-6-18(7-9-21)10-11-26-12-14-28-15-13-26/h3-9,16H,2,10-15,17H2,1H3,(H,25,27). The molecular weight excluding hydrogens is 380 g/mol. The number of fused-ring (bicyclic) bond motifs is 1. The van der Waals surface area contributed by atoms with Crippen molar-refractivity contribution < 1.29 is 19.0 Å². The normalized spacial score (nSPS) is 16.2. The predicted molar refractivity (Wildman–Crippen MR) is 117 cm³/mol. The lowest BCUT2D eigenvalue weighted by atomic mass is 10.1. The van der Waals surface area contributed by atoms with Crippen molar-refractivity contribution in [2.45, 2.75) is 13.3 Å². The van der Waals surface area contributed by atoms with Gasteiger partial charge in [0, 0.05) is 30.9 Å². The molecule has 6 heteroatoms. The lowest BCUT2D eigenvalue weighted by molar-refractivity contribution is -0.113. The van der Waals surface area contributed by atoms with Gasteiger partial charge in [0.2, 0.25) is 0 Å². The molecule has 0 radical (unpaired) electrons. The second-order valence-electron chi connectivity index (χ2n) is 7.42. The zero-order valence-electron chi connectivity index (χ0n) is 17.4. The molecule has 2 heterocycles. The van der Waals surface area contributed by atoms with E-state index in [0.29, 0.717) is 23.7 Å². The molecule has 0 aromatic heterocycles. The maximum absolute atomic E-state index is 12.7. The average molecular weight is 408 g/mol. The minimum atomic E-state index is -0.150. The quantitative estimate of drug-likeness (QED) is 0.761. The highest BCUT2D eigenvalue weighted by Crippen LogP contribution is 2.35. The van der Waals surface area contributed by atoms with E-state index in [2.05, 4.69) is 22.3 Å². The molecule has 4 rings (SSSR count). The lowest BCUT2D eigenvalue weighted by Gasteiger charge is -2.26. The number of benzene rings is 2. The summed E-state index contributed by atoms with van der Waals surface area (Å²) in [6.45, 7) is 7.40. The molecular formula is C24H28N2O4. The highest BCUT2D eigenvalue weighted by Gasteiger charge is 2.20. The van der Waals surface area contributed by atoms with Crippen LogP contribution in [0.5, 0.6) is 11.5 Å². The van der Waals surface area contributed by atoms with Crippen LogP contribution >= 0.6 is 0 Å². The Bertz CT molecular complexity index is 902. The molecule has 158 valence electrons. The van der Waals surface area contributed by atoms with Crippen LogP contribution in [-0.4, -0.2) is 56.9 Å². The Morgan fingerprint density at radius 2 is 1.93 bits per heavy atom. The molecule has 30 heavy (non-hydrogen) atoms. The topological polar surface area (TPSA) is 60.0 Å². The number of hydrogen-bond acceptors (Lipinski definition) is 5. The molecule has 2 aromatic carbocycles. The largest absolute Gasteiger partial charge is 0.490 e. The number of morpholine rings is 1. The third kappa shape index (κ3) is 5.01. The van der Waals surface area contributed by atoms with E-state index in [1.165, 1.54) is 5.56 Å². The fraction of sp³-hybridized carbons (Fsp3) is 0.375. The van der Waals surface area contributed by atoms with Gasteiger partial charge in [0.05, 0.1) is 25.4 Å². The van der Waals surface area contributed by atoms with Gasteiger partial charge in [0.15, 0.2) is 11.5 Å². The minimum Gasteiger partial charge on any atom is -0.490 e. The number of hydrogen-bond donors (Lipinski definition) is 1. The van der Waals surface area contributed by atoms with Crippen LogP contribution in [0.4, 0.5) is 5.69 Å². The van der Waals surface area contributed by atoms with Crippen molar-refractivity contribution in [1.82, 2.24) is 4.90 Å². The summed E-state index contributed by atoms with van der Waals surface area (Å²) in [7, 11) is 0. The van der Waals surface area contributed by atoms with Crippen molar-refractivity contribution in [1.29, 1.82) is 0 Å². The number of carbonyl (C=O) groups is 1. The molecule has 0 atom stereocenters. The first-order valence-corrected chi connectivity index (χ1v) is 10.5. The van der Waals surface area contributed by atoms with E-state index in [-0.39, 0.29) is 12.5 Å². The Labute approximate surface area is 177 Å². The Morgan fingerprint density at radius 3 is 2.70 bits per heavy atom. The highest BCUT2D eigenvalue weighted by atomic mass is 16.5. The number of para-hydroxylation sites is 1. The summed E-state index contributed by atoms with van der Waals surface area (Å²) in [4.78, 5) is 15.1. The van der Waals surface area contributed by atoms with Crippen molar-refractivity contribution in [3.05, 3.63) is 59.2 Å². The van der Waals surface area contributed by atoms with Crippen molar-refractivity contribution in [2.24, 2.45) is 0 Å². The van der Waals surface area contributed by atoms with E-state index < -0.39 is 0 Å². The summed E-state index contributed by atoms with van der Waals surface area (Å²) in [5, 5.41) is 2.97. The summed E-state index contributed by atoms with van der Waals surface area (Å²) in [5.41, 5.74) is 3.49. The summed E-state index contributed by atoms with van der Waals surface area (Å²) >= 11 is 0. The first-order chi connectivity index (χ1) is 14.7. The lowest BCUT2D eigenvalue weighted by Crippen LogP contribution is -2.37. The monoisotopic (exact) mass is 408 g/mol. The molecule has 6 nitrogen and oxygen atoms in total. The van der Waals surface area contributed by atoms with Crippen molar-refractivity contribution >= 4 is 17.7 Å². The van der Waals surface area contributed by atoms with Crippen LogP contribution in [0.3, 0.4) is 0 Å². The van der Waals surface area contributed by atoms with Crippen LogP contribution in [0.15, 0.2) is 48.0 Å². The molecule has 1 amide bonds. The average Bonchev–Trinajstić information content (AvgIpc) is 2.79. The number of nitrogens with zero attached hydrogens (tertiary/aromatic N) is 1. The fourth-order valence-electron chi connectivity index (χ4n) is 3.66. The number of nitrogens with one attached hydrogen (secondary N) is 1. The Hall–Kier alpha value is -2.83. The Kier molecular flexibility index (Phi) is 6.67. The minimum absolute atomic E-state index is 0.150. The zero-order valence-corrected chi connectivity index (χ0v) is 17.4. The van der Waals surface area contributed by atoms with Gasteiger partial charge in [-0.15, -0.1) is 0 Å². The first kappa shape index (κ1) is 20.4. The smallest absolute Gasteiger partial charge is 0.255 e. The summed E-state index contributed by atoms with van der Waals surface area (Å²) in [6.07, 6.45) is 2.86. The number of ether oxygens (including phenoxy) is 3. The van der Waals surface area contributed by atoms with E-state index in [4.69, 9.17) is 14.2 Å². The molecule has 1 saturated heterocycles. The summed E-state index contributed by atoms with van der Waals surface area (Å²) < 4.78 is 16.8. The molecule has 0 bridgehead atoms. The molecule has 1 N–H and O–H groups in total. The van der Waals surface area contributed by atoms with Crippen molar-refractivity contribution in [3.8, 4) is 11.5 Å². The molecule has 0 aliphatic carbocycles. The summed E-state index contributed by atoms with van der Waals surface area (Å²) in [6, 6.07) is 13.8. The van der Waals surface area contributed by atoms with Crippen LogP contribution in [0.2, 0.25) is 0 Å². The number of carbonyl (C=O) groups excluding carboxylic acids is 1. The third-order valence-electron chi connectivity index (χ3n) is 5.33. The van der Waals surface area contributed by atoms with E-state index >= 15 is 0 Å². The number of amides is 1. The molecule has 0 saturated carbocycles. The molecule has 2 aliphatic rings. The van der Waals surface area contributed by atoms with Gasteiger partial charge in [-0.3, -0.25) is 9.69 Å². The maximum atomic E-state index is 12.7. The van der Waals surface area contributed by atoms with Gasteiger partial charge < -0.3 is 19.5 Å². The number of anilines is 1. The van der Waals surface area contributed by atoms with Gasteiger partial charge in [0.1, 0.15) is 6.61 Å². The van der Waals surface area contributed by atoms with E-state index in [1.807, 2.05) is 43.3 Å². The van der Waals surface area contributed by atoms with Crippen LogP contribution in [0, 0.1) is 0 Å². The van der Waals surface area contributed by atoms with Gasteiger partial charge in [-0.05, 0) is 43.2 Å². The molecule has 0 unspecified atom stereocenters. The summed E-state index contributed by atoms with van der Waals surface area (Å²) in [5.74, 6) is 1.25. The van der Waals surface area contributed by atoms with E-state index in [9.17, 15) is 4.79 Å². The van der Waals surface area contributed by atoms with Gasteiger partial charge in [-0.2, -0.15) is 0 Å². The van der Waals surface area contributed by atoms with Crippen LogP contribution in [0.1, 0.15) is 18.1 Å². The third-order valence-corrected chi connectivity index (χ3v) is 5.33. The zero-order chi connectivity index (χ0) is 20.8. The molecule has 2 aliphatic heterocycles. The van der Waals surface area contributed by atoms with Gasteiger partial charge in [0.25, 0.3) is 5.91 Å². The Balaban J connectivity index is 1.35. The molecule has 1 fully saturated rings. The van der Waals surface area contributed by atoms with Crippen LogP contribution < -0.4 is 14.8 Å². The van der Waals surface area contributed by atoms with Crippen LogP contribution in [0.25, 0.3) is 6.08 Å². The second kappa shape index (κ2) is 9.78. The SMILES string of the molecule is CCOc1cccc2c1OCC(C(=O)Nc1ccc(CCN3CCOCC3)cc1)=C2. The molecule has 2 aromatic rings. The second-order valence-corrected chi connectivity index (χ2v) is 7.42. The number of rotatable bonds is 7. The maximum Gasteiger partial charge on any atom is 0.255 e. The van der Waals surface area contributed by atoms with Crippen LogP contribution in [-0.2, 0) is 16.0 Å². The van der Waals surface area contributed by atoms with Gasteiger partial charge in [-0.1, -0.05) is 24.3 Å². The van der Waals surface area contributed by atoms with Gasteiger partial charge in [-0.25, -0.2) is 0 Å². The van der Waals surface area contributed by atoms with Gasteiger partial charge >= 0.3 is 0 Å². The van der Waals surface area contributed by atoms with E-state index in [1.54, 1.807) is 0 Å².